The first-order valence-electron chi connectivity index (χ1n) is 7.34. The van der Waals surface area contributed by atoms with Gasteiger partial charge in [0, 0.05) is 6.54 Å². The fourth-order valence-corrected chi connectivity index (χ4v) is 2.36. The molecular weight excluding hydrogens is 254 g/mol. The van der Waals surface area contributed by atoms with Crippen LogP contribution in [0.2, 0.25) is 0 Å². The third kappa shape index (κ3) is 3.99. The van der Waals surface area contributed by atoms with Crippen LogP contribution in [0.15, 0.2) is 12.5 Å². The minimum absolute atomic E-state index is 0.104. The molecule has 0 bridgehead atoms. The van der Waals surface area contributed by atoms with Crippen molar-refractivity contribution in [2.75, 3.05) is 0 Å². The third-order valence-corrected chi connectivity index (χ3v) is 3.60. The first-order chi connectivity index (χ1) is 9.35. The number of aromatic nitrogens is 2. The van der Waals surface area contributed by atoms with Gasteiger partial charge in [0.2, 0.25) is 0 Å². The van der Waals surface area contributed by atoms with Gasteiger partial charge in [0.05, 0.1) is 24.3 Å². The Morgan fingerprint density at radius 1 is 1.55 bits per heavy atom. The standard InChI is InChI=1S/C15H25N3O2/c1-11(17-14(19)20-15(2,3)4)13-8-16-10-18(13)9-12-6-5-7-12/h8,10-12H,5-7,9H2,1-4H3,(H,17,19)/t11-/m1/s1. The highest BCUT2D eigenvalue weighted by Gasteiger charge is 2.22. The first kappa shape index (κ1) is 14.9. The fourth-order valence-electron chi connectivity index (χ4n) is 2.36. The second kappa shape index (κ2) is 5.85. The average Bonchev–Trinajstić information content (AvgIpc) is 2.68. The molecule has 0 aromatic carbocycles. The number of nitrogens with zero attached hydrogens (tertiary/aromatic N) is 2. The summed E-state index contributed by atoms with van der Waals surface area (Å²) in [7, 11) is 0. The summed E-state index contributed by atoms with van der Waals surface area (Å²) in [6.45, 7) is 8.53. The van der Waals surface area contributed by atoms with Crippen LogP contribution in [0.5, 0.6) is 0 Å². The number of hydrogen-bond donors (Lipinski definition) is 1. The Morgan fingerprint density at radius 2 is 2.25 bits per heavy atom. The molecule has 1 amide bonds. The lowest BCUT2D eigenvalue weighted by atomic mass is 9.85. The topological polar surface area (TPSA) is 56.1 Å². The summed E-state index contributed by atoms with van der Waals surface area (Å²) in [4.78, 5) is 16.0. The molecule has 0 radical (unpaired) electrons. The monoisotopic (exact) mass is 279 g/mol. The maximum atomic E-state index is 11.8. The van der Waals surface area contributed by atoms with E-state index in [0.29, 0.717) is 0 Å². The third-order valence-electron chi connectivity index (χ3n) is 3.60. The van der Waals surface area contributed by atoms with E-state index in [9.17, 15) is 4.79 Å². The molecule has 112 valence electrons. The quantitative estimate of drug-likeness (QED) is 0.920. The van der Waals surface area contributed by atoms with Crippen molar-refractivity contribution in [3.63, 3.8) is 0 Å². The Balaban J connectivity index is 1.93. The minimum Gasteiger partial charge on any atom is -0.444 e. The van der Waals surface area contributed by atoms with Gasteiger partial charge >= 0.3 is 6.09 Å². The predicted molar refractivity (Wildman–Crippen MR) is 77.4 cm³/mol. The van der Waals surface area contributed by atoms with Crippen molar-refractivity contribution < 1.29 is 9.53 Å². The molecule has 1 N–H and O–H groups in total. The first-order valence-corrected chi connectivity index (χ1v) is 7.34. The molecule has 1 saturated carbocycles. The Morgan fingerprint density at radius 3 is 2.80 bits per heavy atom. The average molecular weight is 279 g/mol. The van der Waals surface area contributed by atoms with Crippen LogP contribution >= 0.6 is 0 Å². The summed E-state index contributed by atoms with van der Waals surface area (Å²) in [6.07, 6.45) is 7.21. The molecule has 5 heteroatoms. The van der Waals surface area contributed by atoms with Crippen LogP contribution in [-0.4, -0.2) is 21.2 Å². The van der Waals surface area contributed by atoms with E-state index in [2.05, 4.69) is 14.9 Å². The largest absolute Gasteiger partial charge is 0.444 e. The van der Waals surface area contributed by atoms with Gasteiger partial charge in [-0.25, -0.2) is 9.78 Å². The molecule has 0 unspecified atom stereocenters. The molecule has 1 aromatic heterocycles. The number of carbonyl (C=O) groups excluding carboxylic acids is 1. The summed E-state index contributed by atoms with van der Waals surface area (Å²) in [5.41, 5.74) is 0.554. The second-order valence-corrected chi connectivity index (χ2v) is 6.64. The Kier molecular flexibility index (Phi) is 4.35. The molecular formula is C15H25N3O2. The molecule has 1 aliphatic carbocycles. The van der Waals surface area contributed by atoms with Crippen molar-refractivity contribution in [2.24, 2.45) is 5.92 Å². The summed E-state index contributed by atoms with van der Waals surface area (Å²) in [6, 6.07) is -0.104. The smallest absolute Gasteiger partial charge is 0.408 e. The van der Waals surface area contributed by atoms with E-state index in [1.54, 1.807) is 0 Å². The van der Waals surface area contributed by atoms with E-state index in [1.165, 1.54) is 19.3 Å². The van der Waals surface area contributed by atoms with Crippen molar-refractivity contribution >= 4 is 6.09 Å². The van der Waals surface area contributed by atoms with Gasteiger partial charge in [-0.05, 0) is 46.5 Å². The number of imidazole rings is 1. The van der Waals surface area contributed by atoms with Crippen molar-refractivity contribution in [3.05, 3.63) is 18.2 Å². The van der Waals surface area contributed by atoms with E-state index in [1.807, 2.05) is 40.2 Å². The van der Waals surface area contributed by atoms with Gasteiger partial charge in [-0.1, -0.05) is 6.42 Å². The fraction of sp³-hybridized carbons (Fsp3) is 0.733. The number of alkyl carbamates (subject to hydrolysis) is 1. The Hall–Kier alpha value is -1.52. The number of hydrogen-bond acceptors (Lipinski definition) is 3. The number of amides is 1. The van der Waals surface area contributed by atoms with Crippen LogP contribution in [0.3, 0.4) is 0 Å². The number of ether oxygens (including phenoxy) is 1. The minimum atomic E-state index is -0.476. The maximum Gasteiger partial charge on any atom is 0.408 e. The van der Waals surface area contributed by atoms with Gasteiger partial charge in [0.15, 0.2) is 0 Å². The van der Waals surface area contributed by atoms with E-state index >= 15 is 0 Å². The molecule has 1 heterocycles. The molecule has 0 aliphatic heterocycles. The molecule has 1 fully saturated rings. The van der Waals surface area contributed by atoms with Crippen LogP contribution in [0.25, 0.3) is 0 Å². The zero-order chi connectivity index (χ0) is 14.8. The van der Waals surface area contributed by atoms with Crippen molar-refractivity contribution in [1.29, 1.82) is 0 Å². The van der Waals surface area contributed by atoms with Crippen molar-refractivity contribution in [3.8, 4) is 0 Å². The number of nitrogens with one attached hydrogen (secondary N) is 1. The maximum absolute atomic E-state index is 11.8. The van der Waals surface area contributed by atoms with Crippen LogP contribution in [0, 0.1) is 5.92 Å². The van der Waals surface area contributed by atoms with E-state index in [-0.39, 0.29) is 12.1 Å². The summed E-state index contributed by atoms with van der Waals surface area (Å²) >= 11 is 0. The van der Waals surface area contributed by atoms with Crippen molar-refractivity contribution in [2.45, 2.75) is 65.1 Å². The molecule has 1 aromatic rings. The normalized spacial score (nSPS) is 17.4. The van der Waals surface area contributed by atoms with Crippen LogP contribution in [0.4, 0.5) is 4.79 Å². The lowest BCUT2D eigenvalue weighted by Gasteiger charge is -2.27. The zero-order valence-electron chi connectivity index (χ0n) is 12.8. The van der Waals surface area contributed by atoms with Gasteiger partial charge in [-0.2, -0.15) is 0 Å². The zero-order valence-corrected chi connectivity index (χ0v) is 12.8. The predicted octanol–water partition coefficient (Wildman–Crippen LogP) is 3.27. The Bertz CT molecular complexity index is 458. The van der Waals surface area contributed by atoms with E-state index < -0.39 is 5.60 Å². The number of rotatable bonds is 4. The second-order valence-electron chi connectivity index (χ2n) is 6.64. The highest BCUT2D eigenvalue weighted by Crippen LogP contribution is 2.28. The molecule has 5 nitrogen and oxygen atoms in total. The molecule has 0 saturated heterocycles. The molecule has 20 heavy (non-hydrogen) atoms. The number of carbonyl (C=O) groups is 1. The van der Waals surface area contributed by atoms with Crippen LogP contribution in [-0.2, 0) is 11.3 Å². The summed E-state index contributed by atoms with van der Waals surface area (Å²) < 4.78 is 7.42. The Labute approximate surface area is 120 Å². The highest BCUT2D eigenvalue weighted by molar-refractivity contribution is 5.68. The van der Waals surface area contributed by atoms with E-state index in [4.69, 9.17) is 4.74 Å². The van der Waals surface area contributed by atoms with Crippen LogP contribution < -0.4 is 5.32 Å². The lowest BCUT2D eigenvalue weighted by molar-refractivity contribution is 0.0506. The van der Waals surface area contributed by atoms with Gasteiger partial charge in [0.1, 0.15) is 5.60 Å². The van der Waals surface area contributed by atoms with Gasteiger partial charge in [-0.15, -0.1) is 0 Å². The van der Waals surface area contributed by atoms with E-state index in [0.717, 1.165) is 18.2 Å². The van der Waals surface area contributed by atoms with Gasteiger partial charge < -0.3 is 14.6 Å². The molecule has 1 aliphatic rings. The summed E-state index contributed by atoms with van der Waals surface area (Å²) in [5, 5.41) is 2.87. The molecule has 1 atom stereocenters. The van der Waals surface area contributed by atoms with Gasteiger partial charge in [-0.3, -0.25) is 0 Å². The van der Waals surface area contributed by atoms with Crippen molar-refractivity contribution in [1.82, 2.24) is 14.9 Å². The molecule has 0 spiro atoms. The SMILES string of the molecule is C[C@@H](NC(=O)OC(C)(C)C)c1cncn1CC1CCC1. The van der Waals surface area contributed by atoms with Gasteiger partial charge in [0.25, 0.3) is 0 Å². The van der Waals surface area contributed by atoms with Crippen LogP contribution in [0.1, 0.15) is 58.7 Å². The molecule has 2 rings (SSSR count). The lowest BCUT2D eigenvalue weighted by Crippen LogP contribution is -2.34. The highest BCUT2D eigenvalue weighted by atomic mass is 16.6. The summed E-state index contributed by atoms with van der Waals surface area (Å²) in [5.74, 6) is 0.761.